The van der Waals surface area contributed by atoms with Crippen LogP contribution in [0.25, 0.3) is 0 Å². The molecule has 3 aromatic rings. The van der Waals surface area contributed by atoms with Crippen LogP contribution in [0.1, 0.15) is 0 Å². The van der Waals surface area contributed by atoms with E-state index in [0.29, 0.717) is 11.4 Å². The quantitative estimate of drug-likeness (QED) is 0.561. The summed E-state index contributed by atoms with van der Waals surface area (Å²) in [4.78, 5) is 18.5. The van der Waals surface area contributed by atoms with Gasteiger partial charge in [0, 0.05) is 5.69 Å². The second-order valence-corrected chi connectivity index (χ2v) is 4.68. The van der Waals surface area contributed by atoms with Gasteiger partial charge >= 0.3 is 11.6 Å². The van der Waals surface area contributed by atoms with Gasteiger partial charge in [-0.15, -0.1) is 0 Å². The Morgan fingerprint density at radius 1 is 1.04 bits per heavy atom. The Hall–Kier alpha value is -3.55. The van der Waals surface area contributed by atoms with Crippen LogP contribution in [0.4, 0.5) is 21.6 Å². The Balaban J connectivity index is 1.96. The van der Waals surface area contributed by atoms with Crippen molar-refractivity contribution < 1.29 is 14.1 Å². The molecule has 0 amide bonds. The first-order valence-corrected chi connectivity index (χ1v) is 6.88. The molecule has 8 heteroatoms. The van der Waals surface area contributed by atoms with Crippen molar-refractivity contribution in [3.05, 3.63) is 76.9 Å². The van der Waals surface area contributed by atoms with E-state index >= 15 is 0 Å². The van der Waals surface area contributed by atoms with Gasteiger partial charge in [-0.1, -0.05) is 18.2 Å². The highest BCUT2D eigenvalue weighted by Crippen LogP contribution is 2.35. The summed E-state index contributed by atoms with van der Waals surface area (Å²) < 4.78 is 18.4. The summed E-state index contributed by atoms with van der Waals surface area (Å²) in [6, 6.07) is 13.9. The van der Waals surface area contributed by atoms with Crippen LogP contribution in [0.15, 0.2) is 60.9 Å². The summed E-state index contributed by atoms with van der Waals surface area (Å²) in [6.07, 6.45) is 1.15. The van der Waals surface area contributed by atoms with Gasteiger partial charge in [0.05, 0.1) is 4.92 Å². The molecule has 7 nitrogen and oxygen atoms in total. The van der Waals surface area contributed by atoms with E-state index in [1.165, 1.54) is 24.3 Å². The van der Waals surface area contributed by atoms with E-state index in [4.69, 9.17) is 4.74 Å². The van der Waals surface area contributed by atoms with Gasteiger partial charge in [0.2, 0.25) is 5.82 Å². The third-order valence-electron chi connectivity index (χ3n) is 3.04. The van der Waals surface area contributed by atoms with Crippen LogP contribution >= 0.6 is 0 Å². The predicted octanol–water partition coefficient (Wildman–Crippen LogP) is 4.06. The van der Waals surface area contributed by atoms with Gasteiger partial charge < -0.3 is 10.1 Å². The monoisotopic (exact) mass is 326 g/mol. The second-order valence-electron chi connectivity index (χ2n) is 4.68. The van der Waals surface area contributed by atoms with Crippen LogP contribution in [0, 0.1) is 15.9 Å². The van der Waals surface area contributed by atoms with Crippen molar-refractivity contribution in [1.82, 2.24) is 9.97 Å². The zero-order valence-electron chi connectivity index (χ0n) is 12.2. The first-order chi connectivity index (χ1) is 11.6. The number of ether oxygens (including phenoxy) is 1. The van der Waals surface area contributed by atoms with Crippen molar-refractivity contribution in [1.29, 1.82) is 0 Å². The van der Waals surface area contributed by atoms with Gasteiger partial charge in [-0.05, 0) is 36.4 Å². The Labute approximate surface area is 135 Å². The highest BCUT2D eigenvalue weighted by Gasteiger charge is 2.25. The molecule has 0 aliphatic heterocycles. The first kappa shape index (κ1) is 15.3. The maximum Gasteiger partial charge on any atom is 0.373 e. The topological polar surface area (TPSA) is 90.2 Å². The minimum atomic E-state index is -0.635. The SMILES string of the molecule is O=[N+]([O-])c1c(Nc2ccc(F)cc2)ncnc1Oc1ccccc1. The van der Waals surface area contributed by atoms with Gasteiger partial charge in [-0.2, -0.15) is 4.98 Å². The van der Waals surface area contributed by atoms with E-state index < -0.39 is 16.4 Å². The van der Waals surface area contributed by atoms with Crippen molar-refractivity contribution in [2.45, 2.75) is 0 Å². The predicted molar refractivity (Wildman–Crippen MR) is 84.9 cm³/mol. The largest absolute Gasteiger partial charge is 0.434 e. The molecule has 0 spiro atoms. The number of hydrogen-bond acceptors (Lipinski definition) is 6. The van der Waals surface area contributed by atoms with Gasteiger partial charge in [0.25, 0.3) is 0 Å². The summed E-state index contributed by atoms with van der Waals surface area (Å²) in [5, 5.41) is 14.2. The third kappa shape index (κ3) is 3.43. The molecule has 0 aliphatic carbocycles. The Morgan fingerprint density at radius 2 is 1.75 bits per heavy atom. The van der Waals surface area contributed by atoms with Crippen molar-refractivity contribution in [3.8, 4) is 11.6 Å². The summed E-state index contributed by atoms with van der Waals surface area (Å²) in [7, 11) is 0. The number of halogens is 1. The van der Waals surface area contributed by atoms with Crippen LogP contribution in [0.2, 0.25) is 0 Å². The van der Waals surface area contributed by atoms with Crippen molar-refractivity contribution in [2.75, 3.05) is 5.32 Å². The van der Waals surface area contributed by atoms with Gasteiger partial charge in [0.15, 0.2) is 0 Å². The molecule has 24 heavy (non-hydrogen) atoms. The van der Waals surface area contributed by atoms with Crippen molar-refractivity contribution in [2.24, 2.45) is 0 Å². The number of rotatable bonds is 5. The Morgan fingerprint density at radius 3 is 2.42 bits per heavy atom. The highest BCUT2D eigenvalue weighted by atomic mass is 19.1. The molecule has 0 aliphatic rings. The van der Waals surface area contributed by atoms with Crippen molar-refractivity contribution in [3.63, 3.8) is 0 Å². The molecule has 0 atom stereocenters. The smallest absolute Gasteiger partial charge is 0.373 e. The Bertz CT molecular complexity index is 857. The normalized spacial score (nSPS) is 10.2. The number of para-hydroxylation sites is 1. The van der Waals surface area contributed by atoms with E-state index in [1.807, 2.05) is 0 Å². The number of nitro groups is 1. The minimum Gasteiger partial charge on any atom is -0.434 e. The summed E-state index contributed by atoms with van der Waals surface area (Å²) >= 11 is 0. The molecule has 120 valence electrons. The lowest BCUT2D eigenvalue weighted by Crippen LogP contribution is -2.03. The van der Waals surface area contributed by atoms with E-state index in [9.17, 15) is 14.5 Å². The van der Waals surface area contributed by atoms with Crippen LogP contribution in [0.5, 0.6) is 11.6 Å². The van der Waals surface area contributed by atoms with Gasteiger partial charge in [-0.25, -0.2) is 9.37 Å². The lowest BCUT2D eigenvalue weighted by molar-refractivity contribution is -0.385. The number of hydrogen-bond donors (Lipinski definition) is 1. The number of aromatic nitrogens is 2. The molecule has 0 saturated heterocycles. The fourth-order valence-electron chi connectivity index (χ4n) is 1.96. The zero-order valence-corrected chi connectivity index (χ0v) is 12.2. The number of anilines is 2. The van der Waals surface area contributed by atoms with E-state index in [1.54, 1.807) is 30.3 Å². The van der Waals surface area contributed by atoms with Crippen LogP contribution in [-0.4, -0.2) is 14.9 Å². The average molecular weight is 326 g/mol. The standard InChI is InChI=1S/C16H11FN4O3/c17-11-6-8-12(9-7-11)20-15-14(21(22)23)16(19-10-18-15)24-13-4-2-1-3-5-13/h1-10H,(H,18,19,20). The molecule has 1 heterocycles. The molecule has 1 N–H and O–H groups in total. The van der Waals surface area contributed by atoms with E-state index in [0.717, 1.165) is 6.33 Å². The fourth-order valence-corrected chi connectivity index (χ4v) is 1.96. The van der Waals surface area contributed by atoms with Crippen LogP contribution < -0.4 is 10.1 Å². The number of nitrogens with one attached hydrogen (secondary N) is 1. The van der Waals surface area contributed by atoms with Gasteiger partial charge in [0.1, 0.15) is 17.9 Å². The maximum absolute atomic E-state index is 13.0. The maximum atomic E-state index is 13.0. The number of nitrogens with zero attached hydrogens (tertiary/aromatic N) is 3. The van der Waals surface area contributed by atoms with Crippen molar-refractivity contribution >= 4 is 17.2 Å². The summed E-state index contributed by atoms with van der Waals surface area (Å²) in [5.41, 5.74) is 0.0366. The Kier molecular flexibility index (Phi) is 4.28. The zero-order chi connectivity index (χ0) is 16.9. The molecular weight excluding hydrogens is 315 g/mol. The summed E-state index contributed by atoms with van der Waals surface area (Å²) in [5.74, 6) is -0.240. The molecule has 0 saturated carbocycles. The minimum absolute atomic E-state index is 0.0486. The first-order valence-electron chi connectivity index (χ1n) is 6.88. The molecule has 0 radical (unpaired) electrons. The van der Waals surface area contributed by atoms with Gasteiger partial charge in [-0.3, -0.25) is 10.1 Å². The molecule has 0 fully saturated rings. The average Bonchev–Trinajstić information content (AvgIpc) is 2.58. The second kappa shape index (κ2) is 6.69. The van der Waals surface area contributed by atoms with E-state index in [2.05, 4.69) is 15.3 Å². The molecule has 2 aromatic carbocycles. The van der Waals surface area contributed by atoms with Crippen LogP contribution in [0.3, 0.4) is 0 Å². The molecule has 0 unspecified atom stereocenters. The lowest BCUT2D eigenvalue weighted by atomic mass is 10.3. The van der Waals surface area contributed by atoms with E-state index in [-0.39, 0.29) is 11.7 Å². The molecular formula is C16H11FN4O3. The molecule has 0 bridgehead atoms. The molecule has 3 rings (SSSR count). The van der Waals surface area contributed by atoms with Crippen LogP contribution in [-0.2, 0) is 0 Å². The highest BCUT2D eigenvalue weighted by molar-refractivity contribution is 5.68. The molecule has 1 aromatic heterocycles. The lowest BCUT2D eigenvalue weighted by Gasteiger charge is -2.09. The fraction of sp³-hybridized carbons (Fsp3) is 0. The number of benzene rings is 2. The summed E-state index contributed by atoms with van der Waals surface area (Å²) in [6.45, 7) is 0. The third-order valence-corrected chi connectivity index (χ3v) is 3.04.